The topological polar surface area (TPSA) is 469 Å². The number of imidazole rings is 1. The second-order valence-electron chi connectivity index (χ2n) is 23.3. The first kappa shape index (κ1) is 72.1. The number of carboxylic acid groups (broad SMARTS) is 1. The van der Waals surface area contributed by atoms with E-state index in [0.29, 0.717) is 36.3 Å². The number of H-pyrrole nitrogens is 2. The van der Waals surface area contributed by atoms with Gasteiger partial charge in [-0.3, -0.25) is 57.7 Å². The number of aliphatic imine (C=N–C) groups is 1. The minimum absolute atomic E-state index is 0.0396. The van der Waals surface area contributed by atoms with Crippen LogP contribution >= 0.6 is 0 Å². The number of nitrogens with two attached hydrogens (primary N) is 2. The number of aromatic amines is 2. The molecule has 91 heavy (non-hydrogen) atoms. The van der Waals surface area contributed by atoms with Crippen molar-refractivity contribution in [3.63, 3.8) is 0 Å². The summed E-state index contributed by atoms with van der Waals surface area (Å²) in [5.41, 5.74) is 13.2. The van der Waals surface area contributed by atoms with E-state index in [9.17, 15) is 58.2 Å². The number of nitrogens with one attached hydrogen (secondary N) is 11. The van der Waals surface area contributed by atoms with Crippen LogP contribution in [0.4, 0.5) is 0 Å². The number of para-hydroxylation sites is 1. The number of carbonyl (C=O) groups is 11. The van der Waals surface area contributed by atoms with Crippen molar-refractivity contribution in [3.8, 4) is 5.75 Å². The highest BCUT2D eigenvalue weighted by atomic mass is 16.4. The van der Waals surface area contributed by atoms with Gasteiger partial charge in [0, 0.05) is 75.3 Å². The zero-order chi connectivity index (χ0) is 66.9. The van der Waals surface area contributed by atoms with Crippen LogP contribution in [0.15, 0.2) is 72.1 Å². The van der Waals surface area contributed by atoms with Gasteiger partial charge in [0.05, 0.1) is 12.9 Å². The van der Waals surface area contributed by atoms with Crippen LogP contribution in [0.1, 0.15) is 110 Å². The highest BCUT2D eigenvalue weighted by molar-refractivity contribution is 5.99. The van der Waals surface area contributed by atoms with Gasteiger partial charge in [-0.25, -0.2) is 4.98 Å². The van der Waals surface area contributed by atoms with Crippen LogP contribution in [-0.4, -0.2) is 187 Å². The number of likely N-dealkylation sites (tertiary alicyclic amines) is 1. The number of fused-ring (bicyclic) bond motifs is 1. The van der Waals surface area contributed by atoms with Crippen molar-refractivity contribution in [1.82, 2.24) is 67.7 Å². The molecule has 30 nitrogen and oxygen atoms in total. The smallest absolute Gasteiger partial charge is 0.300 e. The summed E-state index contributed by atoms with van der Waals surface area (Å²) < 4.78 is 0. The summed E-state index contributed by atoms with van der Waals surface area (Å²) in [6, 6.07) is 3.41. The summed E-state index contributed by atoms with van der Waals surface area (Å²) in [7, 11) is 0. The SMILES string of the molecule is CC(=O)O.CCNC(=O)[C@@H]1CCCN1C(=O)[C@H](CCCN=C(N)N)NC(=O)[C@H](CC(C)C)NC(=O)[C@@H](CC(C)C)NC(=O)[C@H](Cc1ccc(O)cc1)NC(=O)[C@H](CO)NC(=O)[C@H](Cc1cc2ccccc2[nH]1)NC(=O)[C@H](Cc1cnc[nH]1)NC(=O)[C@@H]1CCC(=O)N1. The number of aromatic hydroxyl groups is 1. The van der Waals surface area contributed by atoms with Crippen molar-refractivity contribution in [2.45, 2.75) is 167 Å². The second kappa shape index (κ2) is 35.5. The van der Waals surface area contributed by atoms with Crippen molar-refractivity contribution >= 4 is 81.9 Å². The predicted octanol–water partition coefficient (Wildman–Crippen LogP) is -1.35. The number of hydrogen-bond donors (Lipinski definition) is 16. The van der Waals surface area contributed by atoms with Gasteiger partial charge >= 0.3 is 0 Å². The van der Waals surface area contributed by atoms with Crippen LogP contribution in [0.2, 0.25) is 0 Å². The Labute approximate surface area is 526 Å². The van der Waals surface area contributed by atoms with Crippen LogP contribution in [-0.2, 0) is 72.0 Å². The minimum Gasteiger partial charge on any atom is -0.508 e. The Hall–Kier alpha value is -9.61. The number of aliphatic carboxylic acids is 1. The molecule has 9 atom stereocenters. The highest BCUT2D eigenvalue weighted by Crippen LogP contribution is 2.22. The van der Waals surface area contributed by atoms with Crippen LogP contribution in [0.25, 0.3) is 10.9 Å². The summed E-state index contributed by atoms with van der Waals surface area (Å²) in [4.78, 5) is 164. The number of phenols is 1. The molecule has 0 radical (unpaired) electrons. The van der Waals surface area contributed by atoms with Gasteiger partial charge in [0.1, 0.15) is 60.1 Å². The normalized spacial score (nSPS) is 16.7. The van der Waals surface area contributed by atoms with Gasteiger partial charge in [0.25, 0.3) is 5.97 Å². The molecule has 18 N–H and O–H groups in total. The molecule has 2 aromatic heterocycles. The first-order valence-electron chi connectivity index (χ1n) is 30.4. The van der Waals surface area contributed by atoms with Crippen molar-refractivity contribution in [2.75, 3.05) is 26.2 Å². The highest BCUT2D eigenvalue weighted by Gasteiger charge is 2.40. The summed E-state index contributed by atoms with van der Waals surface area (Å²) in [5, 5.41) is 53.3. The lowest BCUT2D eigenvalue weighted by Crippen LogP contribution is -2.61. The molecule has 6 rings (SSSR count). The molecule has 0 saturated carbocycles. The fourth-order valence-corrected chi connectivity index (χ4v) is 10.4. The summed E-state index contributed by atoms with van der Waals surface area (Å²) in [5.74, 6) is -8.40. The third kappa shape index (κ3) is 23.4. The van der Waals surface area contributed by atoms with Crippen molar-refractivity contribution in [1.29, 1.82) is 0 Å². The summed E-state index contributed by atoms with van der Waals surface area (Å²) in [6.45, 7) is 9.90. The molecule has 2 aromatic carbocycles. The molecule has 496 valence electrons. The molecule has 30 heteroatoms. The fourth-order valence-electron chi connectivity index (χ4n) is 10.4. The average molecular weight is 1270 g/mol. The molecule has 2 aliphatic heterocycles. The van der Waals surface area contributed by atoms with Crippen molar-refractivity contribution in [2.24, 2.45) is 28.3 Å². The van der Waals surface area contributed by atoms with E-state index < -0.39 is 114 Å². The third-order valence-corrected chi connectivity index (χ3v) is 14.8. The first-order valence-corrected chi connectivity index (χ1v) is 30.4. The van der Waals surface area contributed by atoms with E-state index in [2.05, 4.69) is 67.8 Å². The average Bonchev–Trinajstić information content (AvgIpc) is 2.71. The predicted molar refractivity (Wildman–Crippen MR) is 333 cm³/mol. The largest absolute Gasteiger partial charge is 0.508 e. The summed E-state index contributed by atoms with van der Waals surface area (Å²) in [6.07, 6.45) is 4.13. The van der Waals surface area contributed by atoms with E-state index in [-0.39, 0.29) is 106 Å². The van der Waals surface area contributed by atoms with E-state index in [0.717, 1.165) is 17.8 Å². The number of phenolic OH excluding ortho intramolecular Hbond substituents is 1. The van der Waals surface area contributed by atoms with Gasteiger partial charge in [0.2, 0.25) is 59.1 Å². The Kier molecular flexibility index (Phi) is 28.2. The molecule has 0 bridgehead atoms. The Morgan fingerprint density at radius 3 is 1.78 bits per heavy atom. The fraction of sp³-hybridized carbons (Fsp3) is 0.525. The Bertz CT molecular complexity index is 3130. The number of nitrogens with zero attached hydrogens (tertiary/aromatic N) is 3. The first-order chi connectivity index (χ1) is 43.2. The van der Waals surface area contributed by atoms with E-state index in [1.807, 2.05) is 32.0 Å². The van der Waals surface area contributed by atoms with Gasteiger partial charge in [0.15, 0.2) is 5.96 Å². The van der Waals surface area contributed by atoms with Gasteiger partial charge in [-0.2, -0.15) is 0 Å². The molecule has 2 saturated heterocycles. The number of carbonyl (C=O) groups excluding carboxylic acids is 10. The maximum absolute atomic E-state index is 14.7. The lowest BCUT2D eigenvalue weighted by atomic mass is 9.98. The van der Waals surface area contributed by atoms with Crippen LogP contribution in [0, 0.1) is 11.8 Å². The molecule has 0 aliphatic carbocycles. The quantitative estimate of drug-likeness (QED) is 0.0153. The number of aromatic nitrogens is 3. The number of benzene rings is 2. The van der Waals surface area contributed by atoms with Crippen molar-refractivity contribution in [3.05, 3.63) is 84.1 Å². The Morgan fingerprint density at radius 1 is 0.703 bits per heavy atom. The number of aliphatic hydroxyl groups excluding tert-OH is 1. The molecule has 4 heterocycles. The number of amides is 10. The second-order valence-corrected chi connectivity index (χ2v) is 23.3. The number of rotatable bonds is 32. The lowest BCUT2D eigenvalue weighted by Gasteiger charge is -2.31. The molecular weight excluding hydrogens is 1180 g/mol. The lowest BCUT2D eigenvalue weighted by molar-refractivity contribution is -0.142. The Morgan fingerprint density at radius 2 is 1.24 bits per heavy atom. The van der Waals surface area contributed by atoms with E-state index in [4.69, 9.17) is 21.4 Å². The molecule has 0 unspecified atom stereocenters. The molecule has 4 aromatic rings. The number of likely N-dealkylation sites (N-methyl/N-ethyl adjacent to an activating group) is 1. The van der Waals surface area contributed by atoms with Gasteiger partial charge in [-0.15, -0.1) is 0 Å². The molecule has 2 aliphatic rings. The van der Waals surface area contributed by atoms with E-state index in [1.54, 1.807) is 32.9 Å². The molecule has 2 fully saturated rings. The van der Waals surface area contributed by atoms with E-state index >= 15 is 0 Å². The summed E-state index contributed by atoms with van der Waals surface area (Å²) >= 11 is 0. The zero-order valence-corrected chi connectivity index (χ0v) is 52.1. The number of aliphatic hydroxyl groups is 1. The van der Waals surface area contributed by atoms with Crippen LogP contribution in [0.3, 0.4) is 0 Å². The van der Waals surface area contributed by atoms with Crippen molar-refractivity contribution < 1.29 is 68.1 Å². The maximum atomic E-state index is 14.7. The Balaban J connectivity index is 0.00000365. The van der Waals surface area contributed by atoms with E-state index in [1.165, 1.54) is 41.7 Å². The number of hydrogen-bond acceptors (Lipinski definition) is 15. The molecule has 10 amide bonds. The monoisotopic (exact) mass is 1270 g/mol. The molecule has 0 spiro atoms. The third-order valence-electron chi connectivity index (χ3n) is 14.8. The maximum Gasteiger partial charge on any atom is 0.300 e. The van der Waals surface area contributed by atoms with Crippen LogP contribution < -0.4 is 59.3 Å². The number of guanidine groups is 1. The standard InChI is InChI=1S/C59H84N16O12.C2H4O2/c1-6-63-57(86)48-14-10-22-75(48)58(87)41(13-9-21-64-59(60)61)68-51(80)42(23-32(2)3)69-52(81)43(24-33(4)5)70-53(82)44(25-34-15-17-38(77)18-16-34)71-56(85)47(30-76)74-55(84)45(27-36-26-35-11-7-8-12-39(35)66-36)73-54(83)46(28-37-29-62-31-65-37)72-50(79)40-19-20-49(78)67-40;1-2(3)4/h7-8,11-12,15-18,26,29,31-33,40-48,66,76-77H,6,9-10,13-14,19-25,27-28,30H2,1-5H3,(H,62,65)(H,63,86)(H,67,78)(H,68,80)(H,69,81)(H,70,82)(H,71,85)(H,72,79)(H,73,83)(H,74,84)(H4,60,61,64);1H3,(H,3,4)/t40-,41-,42-,43+,44-,45-,46-,47-,48-;/m0./s1. The van der Waals surface area contributed by atoms with Gasteiger partial charge < -0.3 is 89.5 Å². The van der Waals surface area contributed by atoms with Gasteiger partial charge in [-0.05, 0) is 98.9 Å². The van der Waals surface area contributed by atoms with Crippen LogP contribution in [0.5, 0.6) is 5.75 Å². The van der Waals surface area contributed by atoms with Gasteiger partial charge in [-0.1, -0.05) is 58.0 Å². The minimum atomic E-state index is -1.75. The zero-order valence-electron chi connectivity index (χ0n) is 52.1. The molecular formula is C61H88N16O14. The number of carboxylic acids is 1.